The van der Waals surface area contributed by atoms with Gasteiger partial charge in [0, 0.05) is 17.8 Å². The lowest BCUT2D eigenvalue weighted by Crippen LogP contribution is -2.57. The van der Waals surface area contributed by atoms with Gasteiger partial charge in [-0.2, -0.15) is 0 Å². The van der Waals surface area contributed by atoms with E-state index in [1.165, 1.54) is 0 Å². The number of cyclic esters (lactones) is 1. The SMILES string of the molecule is CCCCCN1CC=C[C@]23S[C@]4(C)/C=C\CCCOC(=O)[C@@H]4[C@H]2C(=O)N([C@@H](CO)Cc2ccccc2)C3C1=O. The molecule has 1 N–H and O–H groups in total. The van der Waals surface area contributed by atoms with Crippen molar-refractivity contribution in [2.75, 3.05) is 26.3 Å². The summed E-state index contributed by atoms with van der Waals surface area (Å²) in [5.74, 6) is -2.20. The Morgan fingerprint density at radius 1 is 1.08 bits per heavy atom. The van der Waals surface area contributed by atoms with Crippen molar-refractivity contribution >= 4 is 29.5 Å². The maximum atomic E-state index is 14.6. The molecule has 0 bridgehead atoms. The second-order valence-corrected chi connectivity index (χ2v) is 13.2. The molecule has 1 unspecified atom stereocenters. The molecule has 2 saturated heterocycles. The molecular formula is C31H40N2O5S. The van der Waals surface area contributed by atoms with E-state index in [4.69, 9.17) is 4.74 Å². The highest BCUT2D eigenvalue weighted by molar-refractivity contribution is 8.02. The summed E-state index contributed by atoms with van der Waals surface area (Å²) in [6, 6.07) is 8.34. The fourth-order valence-electron chi connectivity index (χ4n) is 6.90. The minimum absolute atomic E-state index is 0.0987. The lowest BCUT2D eigenvalue weighted by Gasteiger charge is -2.40. The van der Waals surface area contributed by atoms with E-state index < -0.39 is 33.4 Å². The molecule has 8 heteroatoms. The Balaban J connectivity index is 1.61. The first kappa shape index (κ1) is 28.0. The van der Waals surface area contributed by atoms with Gasteiger partial charge in [0.25, 0.3) is 0 Å². The first-order valence-corrected chi connectivity index (χ1v) is 15.2. The molecule has 0 aromatic heterocycles. The molecule has 1 spiro atoms. The number of aliphatic hydroxyl groups excluding tert-OH is 1. The zero-order chi connectivity index (χ0) is 27.6. The van der Waals surface area contributed by atoms with Crippen LogP contribution in [-0.2, 0) is 25.5 Å². The second-order valence-electron chi connectivity index (χ2n) is 11.4. The summed E-state index contributed by atoms with van der Waals surface area (Å²) in [5, 5.41) is 10.6. The van der Waals surface area contributed by atoms with Crippen molar-refractivity contribution in [3.05, 3.63) is 60.2 Å². The van der Waals surface area contributed by atoms with Gasteiger partial charge in [0.15, 0.2) is 0 Å². The fraction of sp³-hybridized carbons (Fsp3) is 0.581. The molecule has 4 aliphatic rings. The molecule has 1 aromatic carbocycles. The maximum Gasteiger partial charge on any atom is 0.311 e. The van der Waals surface area contributed by atoms with Crippen molar-refractivity contribution in [3.63, 3.8) is 0 Å². The predicted octanol–water partition coefficient (Wildman–Crippen LogP) is 3.76. The molecular weight excluding hydrogens is 512 g/mol. The van der Waals surface area contributed by atoms with Gasteiger partial charge >= 0.3 is 5.97 Å². The molecule has 0 radical (unpaired) electrons. The molecule has 2 fully saturated rings. The van der Waals surface area contributed by atoms with E-state index in [-0.39, 0.29) is 24.4 Å². The van der Waals surface area contributed by atoms with Crippen LogP contribution in [0.5, 0.6) is 0 Å². The maximum absolute atomic E-state index is 14.6. The number of hydrogen-bond acceptors (Lipinski definition) is 6. The Morgan fingerprint density at radius 3 is 2.62 bits per heavy atom. The van der Waals surface area contributed by atoms with Crippen LogP contribution in [0.4, 0.5) is 0 Å². The van der Waals surface area contributed by atoms with Gasteiger partial charge in [0.1, 0.15) is 6.04 Å². The number of aliphatic hydroxyl groups is 1. The van der Waals surface area contributed by atoms with Crippen molar-refractivity contribution in [1.29, 1.82) is 0 Å². The number of likely N-dealkylation sites (tertiary alicyclic amines) is 1. The summed E-state index contributed by atoms with van der Waals surface area (Å²) in [4.78, 5) is 46.1. The van der Waals surface area contributed by atoms with Gasteiger partial charge in [-0.05, 0) is 38.2 Å². The highest BCUT2D eigenvalue weighted by atomic mass is 32.2. The quantitative estimate of drug-likeness (QED) is 0.300. The predicted molar refractivity (Wildman–Crippen MR) is 152 cm³/mol. The van der Waals surface area contributed by atoms with E-state index in [9.17, 15) is 19.5 Å². The summed E-state index contributed by atoms with van der Waals surface area (Å²) < 4.78 is 4.08. The normalized spacial score (nSPS) is 33.8. The number of rotatable bonds is 8. The second kappa shape index (κ2) is 11.5. The molecule has 7 nitrogen and oxygen atoms in total. The summed E-state index contributed by atoms with van der Waals surface area (Å²) >= 11 is 1.56. The largest absolute Gasteiger partial charge is 0.465 e. The topological polar surface area (TPSA) is 87.2 Å². The summed E-state index contributed by atoms with van der Waals surface area (Å²) in [6.07, 6.45) is 13.1. The highest BCUT2D eigenvalue weighted by Gasteiger charge is 2.74. The van der Waals surface area contributed by atoms with Crippen LogP contribution in [0.1, 0.15) is 51.5 Å². The number of thioether (sulfide) groups is 1. The Hall–Kier alpha value is -2.58. The number of unbranched alkanes of at least 4 members (excludes halogenated alkanes) is 2. The summed E-state index contributed by atoms with van der Waals surface area (Å²) in [5.41, 5.74) is 0.981. The van der Waals surface area contributed by atoms with E-state index in [1.54, 1.807) is 16.7 Å². The van der Waals surface area contributed by atoms with E-state index in [0.29, 0.717) is 26.1 Å². The Morgan fingerprint density at radius 2 is 1.87 bits per heavy atom. The first-order chi connectivity index (χ1) is 18.9. The lowest BCUT2D eigenvalue weighted by molar-refractivity contribution is -0.154. The minimum atomic E-state index is -0.931. The first-order valence-electron chi connectivity index (χ1n) is 14.3. The number of esters is 1. The van der Waals surface area contributed by atoms with E-state index in [2.05, 4.69) is 19.1 Å². The van der Waals surface area contributed by atoms with Crippen LogP contribution in [0.25, 0.3) is 0 Å². The van der Waals surface area contributed by atoms with E-state index >= 15 is 0 Å². The average Bonchev–Trinajstić information content (AvgIpc) is 3.29. The standard InChI is InChI=1S/C31H40N2O5S/c1-3-4-10-17-32-18-12-16-31-24(25-29(37)38-19-11-6-9-15-30(25,2)39-31)27(35)33(26(31)28(32)36)23(21-34)20-22-13-7-5-8-14-22/h5,7-9,12-16,23-26,34H,3-4,6,10-11,17-21H2,1-2H3/b15-9-/t23-,24+,25+,26?,30-,31+/m1/s1. The third kappa shape index (κ3) is 4.95. The number of hydrogen-bond donors (Lipinski definition) is 1. The minimum Gasteiger partial charge on any atom is -0.465 e. The Labute approximate surface area is 235 Å². The van der Waals surface area contributed by atoms with Crippen LogP contribution in [0, 0.1) is 11.8 Å². The number of amides is 2. The van der Waals surface area contributed by atoms with Crippen molar-refractivity contribution in [1.82, 2.24) is 9.80 Å². The number of fused-ring (bicyclic) bond motifs is 2. The summed E-state index contributed by atoms with van der Waals surface area (Å²) in [7, 11) is 0. The summed E-state index contributed by atoms with van der Waals surface area (Å²) in [6.45, 7) is 5.27. The third-order valence-electron chi connectivity index (χ3n) is 8.72. The number of carbonyl (C=O) groups is 3. The molecule has 6 atom stereocenters. The van der Waals surface area contributed by atoms with E-state index in [1.807, 2.05) is 54.3 Å². The van der Waals surface area contributed by atoms with Crippen LogP contribution in [0.2, 0.25) is 0 Å². The fourth-order valence-corrected chi connectivity index (χ4v) is 9.04. The third-order valence-corrected chi connectivity index (χ3v) is 10.5. The highest BCUT2D eigenvalue weighted by Crippen LogP contribution is 2.65. The van der Waals surface area contributed by atoms with Crippen molar-refractivity contribution in [3.8, 4) is 0 Å². The van der Waals surface area contributed by atoms with Gasteiger partial charge in [-0.3, -0.25) is 14.4 Å². The number of nitrogens with zero attached hydrogens (tertiary/aromatic N) is 2. The molecule has 2 amide bonds. The van der Waals surface area contributed by atoms with Crippen LogP contribution >= 0.6 is 11.8 Å². The molecule has 5 rings (SSSR count). The molecule has 39 heavy (non-hydrogen) atoms. The van der Waals surface area contributed by atoms with Gasteiger partial charge in [0.2, 0.25) is 11.8 Å². The van der Waals surface area contributed by atoms with Crippen molar-refractivity contribution in [2.45, 2.75) is 74.0 Å². The molecule has 0 saturated carbocycles. The molecule has 1 aromatic rings. The smallest absolute Gasteiger partial charge is 0.311 e. The Kier molecular flexibility index (Phi) is 8.24. The monoisotopic (exact) mass is 552 g/mol. The van der Waals surface area contributed by atoms with Gasteiger partial charge in [-0.15, -0.1) is 11.8 Å². The van der Waals surface area contributed by atoms with Gasteiger partial charge in [0.05, 0.1) is 35.8 Å². The molecule has 4 aliphatic heterocycles. The van der Waals surface area contributed by atoms with Crippen molar-refractivity contribution in [2.24, 2.45) is 11.8 Å². The molecule has 0 aliphatic carbocycles. The van der Waals surface area contributed by atoms with Gasteiger partial charge < -0.3 is 19.6 Å². The zero-order valence-corrected chi connectivity index (χ0v) is 23.8. The van der Waals surface area contributed by atoms with E-state index in [0.717, 1.165) is 37.7 Å². The van der Waals surface area contributed by atoms with Gasteiger partial charge in [-0.25, -0.2) is 0 Å². The van der Waals surface area contributed by atoms with Crippen LogP contribution in [-0.4, -0.2) is 80.6 Å². The number of benzene rings is 1. The Bertz CT molecular complexity index is 1140. The van der Waals surface area contributed by atoms with Gasteiger partial charge in [-0.1, -0.05) is 74.4 Å². The van der Waals surface area contributed by atoms with Crippen molar-refractivity contribution < 1.29 is 24.2 Å². The number of allylic oxidation sites excluding steroid dienone is 1. The zero-order valence-electron chi connectivity index (χ0n) is 23.0. The molecule has 4 heterocycles. The average molecular weight is 553 g/mol. The molecule has 210 valence electrons. The van der Waals surface area contributed by atoms with Crippen LogP contribution in [0.3, 0.4) is 0 Å². The number of ether oxygens (including phenoxy) is 1. The van der Waals surface area contributed by atoms with Crippen LogP contribution < -0.4 is 0 Å². The lowest BCUT2D eigenvalue weighted by atomic mass is 9.74. The van der Waals surface area contributed by atoms with Crippen LogP contribution in [0.15, 0.2) is 54.6 Å². The number of carbonyl (C=O) groups excluding carboxylic acids is 3.